The van der Waals surface area contributed by atoms with Crippen LogP contribution in [0.4, 0.5) is 15.9 Å². The standard InChI is InChI=1S/C20H13FN2OS/c21-17-11-13(12-24)9-10-18(17)22-20-16-8-4-7-15(19(16)25-23-20)14-5-2-1-3-6-14/h1-12H,(H,22,23). The summed E-state index contributed by atoms with van der Waals surface area (Å²) in [4.78, 5) is 10.7. The summed E-state index contributed by atoms with van der Waals surface area (Å²) >= 11 is 1.38. The van der Waals surface area contributed by atoms with E-state index in [2.05, 4.69) is 27.9 Å². The fourth-order valence-electron chi connectivity index (χ4n) is 2.73. The highest BCUT2D eigenvalue weighted by Crippen LogP contribution is 2.36. The molecule has 0 bridgehead atoms. The van der Waals surface area contributed by atoms with E-state index < -0.39 is 5.82 Å². The van der Waals surface area contributed by atoms with Gasteiger partial charge < -0.3 is 5.32 Å². The first-order valence-corrected chi connectivity index (χ1v) is 8.49. The van der Waals surface area contributed by atoms with Gasteiger partial charge in [0, 0.05) is 16.5 Å². The maximum absolute atomic E-state index is 14.1. The third-order valence-corrected chi connectivity index (χ3v) is 4.86. The van der Waals surface area contributed by atoms with Gasteiger partial charge in [-0.3, -0.25) is 4.79 Å². The average Bonchev–Trinajstić information content (AvgIpc) is 3.07. The van der Waals surface area contributed by atoms with E-state index in [4.69, 9.17) is 0 Å². The van der Waals surface area contributed by atoms with Crippen molar-refractivity contribution < 1.29 is 9.18 Å². The quantitative estimate of drug-likeness (QED) is 0.484. The highest BCUT2D eigenvalue weighted by molar-refractivity contribution is 7.14. The van der Waals surface area contributed by atoms with Crippen molar-refractivity contribution in [2.24, 2.45) is 0 Å². The summed E-state index contributed by atoms with van der Waals surface area (Å²) in [5, 5.41) is 3.97. The summed E-state index contributed by atoms with van der Waals surface area (Å²) in [5.74, 6) is 0.125. The van der Waals surface area contributed by atoms with Crippen LogP contribution < -0.4 is 5.32 Å². The van der Waals surface area contributed by atoms with Gasteiger partial charge >= 0.3 is 0 Å². The molecule has 25 heavy (non-hydrogen) atoms. The number of benzene rings is 3. The van der Waals surface area contributed by atoms with Gasteiger partial charge in [0.15, 0.2) is 5.82 Å². The first-order valence-electron chi connectivity index (χ1n) is 7.72. The number of nitrogens with zero attached hydrogens (tertiary/aromatic N) is 1. The maximum atomic E-state index is 14.1. The fraction of sp³-hybridized carbons (Fsp3) is 0. The molecule has 0 fully saturated rings. The largest absolute Gasteiger partial charge is 0.336 e. The van der Waals surface area contributed by atoms with E-state index in [1.807, 2.05) is 30.3 Å². The van der Waals surface area contributed by atoms with Gasteiger partial charge in [-0.25, -0.2) is 4.39 Å². The van der Waals surface area contributed by atoms with E-state index in [1.165, 1.54) is 17.6 Å². The average molecular weight is 348 g/mol. The summed E-state index contributed by atoms with van der Waals surface area (Å²) in [6.45, 7) is 0. The van der Waals surface area contributed by atoms with E-state index in [0.29, 0.717) is 23.4 Å². The van der Waals surface area contributed by atoms with Gasteiger partial charge in [-0.15, -0.1) is 0 Å². The normalized spacial score (nSPS) is 10.8. The summed E-state index contributed by atoms with van der Waals surface area (Å²) in [7, 11) is 0. The zero-order valence-corrected chi connectivity index (χ0v) is 13.9. The van der Waals surface area contributed by atoms with E-state index in [0.717, 1.165) is 21.2 Å². The van der Waals surface area contributed by atoms with Crippen LogP contribution >= 0.6 is 11.5 Å². The Morgan fingerprint density at radius 2 is 1.84 bits per heavy atom. The molecule has 0 amide bonds. The second-order valence-electron chi connectivity index (χ2n) is 5.56. The Morgan fingerprint density at radius 1 is 1.00 bits per heavy atom. The predicted molar refractivity (Wildman–Crippen MR) is 100 cm³/mol. The monoisotopic (exact) mass is 348 g/mol. The molecule has 4 rings (SSSR count). The van der Waals surface area contributed by atoms with Crippen molar-refractivity contribution in [1.82, 2.24) is 4.37 Å². The lowest BCUT2D eigenvalue weighted by Crippen LogP contribution is -1.95. The Balaban J connectivity index is 1.76. The SMILES string of the molecule is O=Cc1ccc(Nc2nsc3c(-c4ccccc4)cccc23)c(F)c1. The lowest BCUT2D eigenvalue weighted by atomic mass is 10.0. The summed E-state index contributed by atoms with van der Waals surface area (Å²) < 4.78 is 19.6. The molecule has 1 heterocycles. The number of fused-ring (bicyclic) bond motifs is 1. The Labute approximate surface area is 147 Å². The van der Waals surface area contributed by atoms with Gasteiger partial charge in [-0.05, 0) is 41.4 Å². The molecule has 0 radical (unpaired) electrons. The van der Waals surface area contributed by atoms with E-state index in [1.54, 1.807) is 12.1 Å². The molecule has 122 valence electrons. The van der Waals surface area contributed by atoms with Crippen molar-refractivity contribution in [2.75, 3.05) is 5.32 Å². The minimum absolute atomic E-state index is 0.294. The van der Waals surface area contributed by atoms with Gasteiger partial charge in [-0.1, -0.05) is 42.5 Å². The molecular weight excluding hydrogens is 335 g/mol. The van der Waals surface area contributed by atoms with Crippen molar-refractivity contribution in [2.45, 2.75) is 0 Å². The number of carbonyl (C=O) groups is 1. The molecule has 1 aromatic heterocycles. The number of aromatic nitrogens is 1. The number of aldehydes is 1. The first kappa shape index (κ1) is 15.5. The smallest absolute Gasteiger partial charge is 0.152 e. The zero-order chi connectivity index (χ0) is 17.2. The number of anilines is 2. The molecule has 0 unspecified atom stereocenters. The Hall–Kier alpha value is -3.05. The molecule has 5 heteroatoms. The van der Waals surface area contributed by atoms with E-state index in [-0.39, 0.29) is 0 Å². The predicted octanol–water partition coefficient (Wildman–Crippen LogP) is 5.66. The Bertz CT molecular complexity index is 1060. The molecule has 0 atom stereocenters. The van der Waals surface area contributed by atoms with Crippen LogP contribution in [0.5, 0.6) is 0 Å². The Kier molecular flexibility index (Phi) is 3.99. The van der Waals surface area contributed by atoms with Gasteiger partial charge in [0.05, 0.1) is 10.4 Å². The Morgan fingerprint density at radius 3 is 2.60 bits per heavy atom. The van der Waals surface area contributed by atoms with Crippen LogP contribution in [0.3, 0.4) is 0 Å². The lowest BCUT2D eigenvalue weighted by Gasteiger charge is -2.06. The molecule has 1 N–H and O–H groups in total. The number of hydrogen-bond acceptors (Lipinski definition) is 4. The highest BCUT2D eigenvalue weighted by Gasteiger charge is 2.12. The van der Waals surface area contributed by atoms with Crippen molar-refractivity contribution in [3.8, 4) is 11.1 Å². The summed E-state index contributed by atoms with van der Waals surface area (Å²) in [5.41, 5.74) is 2.81. The van der Waals surface area contributed by atoms with Crippen LogP contribution in [-0.4, -0.2) is 10.7 Å². The first-order chi connectivity index (χ1) is 12.3. The van der Waals surface area contributed by atoms with Crippen LogP contribution in [0.2, 0.25) is 0 Å². The second-order valence-corrected chi connectivity index (χ2v) is 6.33. The molecule has 3 nitrogen and oxygen atoms in total. The van der Waals surface area contributed by atoms with Crippen molar-refractivity contribution >= 4 is 39.4 Å². The third-order valence-electron chi connectivity index (χ3n) is 3.97. The molecule has 3 aromatic carbocycles. The molecule has 0 aliphatic carbocycles. The van der Waals surface area contributed by atoms with Gasteiger partial charge in [-0.2, -0.15) is 4.37 Å². The van der Waals surface area contributed by atoms with E-state index in [9.17, 15) is 9.18 Å². The topological polar surface area (TPSA) is 42.0 Å². The van der Waals surface area contributed by atoms with Crippen LogP contribution in [0.1, 0.15) is 10.4 Å². The number of rotatable bonds is 4. The summed E-state index contributed by atoms with van der Waals surface area (Å²) in [6, 6.07) is 20.4. The molecule has 0 aliphatic heterocycles. The molecule has 0 saturated carbocycles. The minimum atomic E-state index is -0.482. The van der Waals surface area contributed by atoms with Crippen LogP contribution in [0, 0.1) is 5.82 Å². The van der Waals surface area contributed by atoms with Crippen LogP contribution in [-0.2, 0) is 0 Å². The van der Waals surface area contributed by atoms with Gasteiger partial charge in [0.25, 0.3) is 0 Å². The highest BCUT2D eigenvalue weighted by atomic mass is 32.1. The van der Waals surface area contributed by atoms with Crippen LogP contribution in [0.15, 0.2) is 66.7 Å². The van der Waals surface area contributed by atoms with Crippen LogP contribution in [0.25, 0.3) is 21.2 Å². The molecule has 0 saturated heterocycles. The maximum Gasteiger partial charge on any atom is 0.152 e. The lowest BCUT2D eigenvalue weighted by molar-refractivity contribution is 0.112. The summed E-state index contributed by atoms with van der Waals surface area (Å²) in [6.07, 6.45) is 0.622. The fourth-order valence-corrected chi connectivity index (χ4v) is 3.60. The minimum Gasteiger partial charge on any atom is -0.336 e. The second kappa shape index (κ2) is 6.45. The molecule has 0 aliphatic rings. The van der Waals surface area contributed by atoms with Crippen molar-refractivity contribution in [1.29, 1.82) is 0 Å². The van der Waals surface area contributed by atoms with Crippen molar-refractivity contribution in [3.63, 3.8) is 0 Å². The van der Waals surface area contributed by atoms with Gasteiger partial charge in [0.2, 0.25) is 0 Å². The molecule has 0 spiro atoms. The number of halogens is 1. The number of carbonyl (C=O) groups excluding carboxylic acids is 1. The van der Waals surface area contributed by atoms with E-state index >= 15 is 0 Å². The number of hydrogen-bond donors (Lipinski definition) is 1. The molecule has 4 aromatic rings. The number of nitrogens with one attached hydrogen (secondary N) is 1. The van der Waals surface area contributed by atoms with Gasteiger partial charge in [0.1, 0.15) is 12.1 Å². The molecular formula is C20H13FN2OS. The van der Waals surface area contributed by atoms with Crippen molar-refractivity contribution in [3.05, 3.63) is 78.1 Å². The third kappa shape index (κ3) is 2.90. The zero-order valence-electron chi connectivity index (χ0n) is 13.1.